The zero-order chi connectivity index (χ0) is 13.0. The molecule has 0 heterocycles. The first-order valence-electron chi connectivity index (χ1n) is 4.63. The van der Waals surface area contributed by atoms with Gasteiger partial charge in [0.2, 0.25) is 0 Å². The number of amides is 1. The van der Waals surface area contributed by atoms with Crippen molar-refractivity contribution in [1.82, 2.24) is 4.90 Å². The summed E-state index contributed by atoms with van der Waals surface area (Å²) in [5.41, 5.74) is 5.01. The third kappa shape index (κ3) is 3.07. The first-order valence-corrected chi connectivity index (χ1v) is 5.01. The fourth-order valence-corrected chi connectivity index (χ4v) is 1.48. The first-order chi connectivity index (χ1) is 7.97. The second kappa shape index (κ2) is 5.49. The molecule has 7 heteroatoms. The Balaban J connectivity index is 2.97. The van der Waals surface area contributed by atoms with Crippen molar-refractivity contribution in [3.05, 3.63) is 34.6 Å². The van der Waals surface area contributed by atoms with Crippen molar-refractivity contribution in [2.24, 2.45) is 10.9 Å². The largest absolute Gasteiger partial charge is 0.409 e. The fraction of sp³-hybridized carbons (Fsp3) is 0.200. The molecular formula is C10H11ClFN3O2. The number of nitrogens with zero attached hydrogens (tertiary/aromatic N) is 2. The number of halogens is 2. The minimum atomic E-state index is -0.714. The number of carbonyl (C=O) groups is 1. The number of carbonyl (C=O) groups excluding carboxylic acids is 1. The Morgan fingerprint density at radius 1 is 1.65 bits per heavy atom. The van der Waals surface area contributed by atoms with Gasteiger partial charge >= 0.3 is 0 Å². The van der Waals surface area contributed by atoms with Gasteiger partial charge in [0.15, 0.2) is 5.84 Å². The lowest BCUT2D eigenvalue weighted by Crippen LogP contribution is -2.36. The van der Waals surface area contributed by atoms with E-state index < -0.39 is 11.7 Å². The second-order valence-corrected chi connectivity index (χ2v) is 3.76. The predicted molar refractivity (Wildman–Crippen MR) is 61.8 cm³/mol. The van der Waals surface area contributed by atoms with Gasteiger partial charge in [-0.2, -0.15) is 0 Å². The second-order valence-electron chi connectivity index (χ2n) is 3.35. The van der Waals surface area contributed by atoms with Gasteiger partial charge in [0.1, 0.15) is 5.82 Å². The Kier molecular flexibility index (Phi) is 4.28. The Morgan fingerprint density at radius 2 is 2.29 bits per heavy atom. The van der Waals surface area contributed by atoms with Crippen LogP contribution < -0.4 is 5.73 Å². The van der Waals surface area contributed by atoms with Crippen LogP contribution in [0.1, 0.15) is 10.4 Å². The highest BCUT2D eigenvalue weighted by Gasteiger charge is 2.20. The van der Waals surface area contributed by atoms with Crippen LogP contribution in [0.25, 0.3) is 0 Å². The topological polar surface area (TPSA) is 78.9 Å². The highest BCUT2D eigenvalue weighted by molar-refractivity contribution is 6.33. The van der Waals surface area contributed by atoms with Crippen molar-refractivity contribution >= 4 is 23.3 Å². The van der Waals surface area contributed by atoms with Crippen LogP contribution in [0.15, 0.2) is 23.4 Å². The lowest BCUT2D eigenvalue weighted by molar-refractivity contribution is 0.0809. The zero-order valence-corrected chi connectivity index (χ0v) is 9.78. The van der Waals surface area contributed by atoms with Crippen LogP contribution in [0.2, 0.25) is 5.02 Å². The molecule has 0 saturated heterocycles. The van der Waals surface area contributed by atoms with E-state index in [1.807, 2.05) is 0 Å². The molecule has 1 aromatic rings. The smallest absolute Gasteiger partial charge is 0.258 e. The molecule has 92 valence electrons. The molecule has 0 aliphatic rings. The molecule has 1 aromatic carbocycles. The van der Waals surface area contributed by atoms with E-state index in [9.17, 15) is 9.18 Å². The number of nitrogens with two attached hydrogens (primary N) is 1. The summed E-state index contributed by atoms with van der Waals surface area (Å²) in [4.78, 5) is 12.9. The highest BCUT2D eigenvalue weighted by atomic mass is 35.5. The van der Waals surface area contributed by atoms with Crippen molar-refractivity contribution in [2.45, 2.75) is 0 Å². The molecule has 1 rings (SSSR count). The molecule has 0 atom stereocenters. The number of benzene rings is 1. The van der Waals surface area contributed by atoms with Gasteiger partial charge in [-0.15, -0.1) is 0 Å². The molecular weight excluding hydrogens is 249 g/mol. The molecule has 3 N–H and O–H groups in total. The van der Waals surface area contributed by atoms with Crippen LogP contribution in [-0.4, -0.2) is 35.4 Å². The average molecular weight is 260 g/mol. The van der Waals surface area contributed by atoms with E-state index in [1.54, 1.807) is 0 Å². The van der Waals surface area contributed by atoms with Crippen LogP contribution in [0.3, 0.4) is 0 Å². The van der Waals surface area contributed by atoms with Gasteiger partial charge < -0.3 is 15.8 Å². The summed E-state index contributed by atoms with van der Waals surface area (Å²) in [6, 6.07) is 3.95. The first kappa shape index (κ1) is 13.2. The minimum Gasteiger partial charge on any atom is -0.409 e. The molecule has 0 saturated carbocycles. The summed E-state index contributed by atoms with van der Waals surface area (Å²) >= 11 is 5.74. The summed E-state index contributed by atoms with van der Waals surface area (Å²) in [6.45, 7) is -0.125. The Bertz CT molecular complexity index is 445. The maximum Gasteiger partial charge on any atom is 0.258 e. The lowest BCUT2D eigenvalue weighted by atomic mass is 10.2. The van der Waals surface area contributed by atoms with Gasteiger partial charge in [-0.25, -0.2) is 4.39 Å². The van der Waals surface area contributed by atoms with Crippen LogP contribution >= 0.6 is 11.6 Å². The van der Waals surface area contributed by atoms with E-state index in [0.29, 0.717) is 0 Å². The SMILES string of the molecule is CN(CC(N)=NO)C(=O)c1c(F)cccc1Cl. The lowest BCUT2D eigenvalue weighted by Gasteiger charge is -2.17. The zero-order valence-electron chi connectivity index (χ0n) is 9.02. The van der Waals surface area contributed by atoms with Crippen LogP contribution in [-0.2, 0) is 0 Å². The molecule has 0 spiro atoms. The number of hydrogen-bond donors (Lipinski definition) is 2. The molecule has 5 nitrogen and oxygen atoms in total. The molecule has 0 bridgehead atoms. The quantitative estimate of drug-likeness (QED) is 0.372. The Hall–Kier alpha value is -1.82. The normalized spacial score (nSPS) is 11.4. The van der Waals surface area contributed by atoms with E-state index in [0.717, 1.165) is 11.0 Å². The van der Waals surface area contributed by atoms with Crippen molar-refractivity contribution in [2.75, 3.05) is 13.6 Å². The van der Waals surface area contributed by atoms with E-state index in [4.69, 9.17) is 22.5 Å². The highest BCUT2D eigenvalue weighted by Crippen LogP contribution is 2.20. The average Bonchev–Trinajstić information content (AvgIpc) is 2.28. The minimum absolute atomic E-state index is 0.0151. The van der Waals surface area contributed by atoms with E-state index in [1.165, 1.54) is 19.2 Å². The third-order valence-corrected chi connectivity index (χ3v) is 2.37. The van der Waals surface area contributed by atoms with Crippen molar-refractivity contribution < 1.29 is 14.4 Å². The number of hydrogen-bond acceptors (Lipinski definition) is 3. The summed E-state index contributed by atoms with van der Waals surface area (Å²) in [5, 5.41) is 11.1. The number of rotatable bonds is 3. The summed E-state index contributed by atoms with van der Waals surface area (Å²) in [7, 11) is 1.39. The van der Waals surface area contributed by atoms with Crippen LogP contribution in [0, 0.1) is 5.82 Å². The van der Waals surface area contributed by atoms with Crippen molar-refractivity contribution in [3.63, 3.8) is 0 Å². The molecule has 0 aromatic heterocycles. The molecule has 0 radical (unpaired) electrons. The van der Waals surface area contributed by atoms with Gasteiger partial charge in [-0.3, -0.25) is 4.79 Å². The van der Waals surface area contributed by atoms with Crippen LogP contribution in [0.5, 0.6) is 0 Å². The summed E-state index contributed by atoms with van der Waals surface area (Å²) in [6.07, 6.45) is 0. The van der Waals surface area contributed by atoms with Gasteiger partial charge in [0, 0.05) is 7.05 Å². The fourth-order valence-electron chi connectivity index (χ4n) is 1.24. The van der Waals surface area contributed by atoms with Crippen molar-refractivity contribution in [3.8, 4) is 0 Å². The molecule has 0 aliphatic carbocycles. The maximum absolute atomic E-state index is 13.4. The molecule has 1 amide bonds. The van der Waals surface area contributed by atoms with Gasteiger partial charge in [0.25, 0.3) is 5.91 Å². The Morgan fingerprint density at radius 3 is 2.82 bits per heavy atom. The predicted octanol–water partition coefficient (Wildman–Crippen LogP) is 1.30. The number of amidine groups is 1. The monoisotopic (exact) mass is 259 g/mol. The number of likely N-dealkylation sites (N-methyl/N-ethyl adjacent to an activating group) is 1. The Labute approximate surface area is 102 Å². The molecule has 0 unspecified atom stereocenters. The van der Waals surface area contributed by atoms with Crippen LogP contribution in [0.4, 0.5) is 4.39 Å². The van der Waals surface area contributed by atoms with E-state index >= 15 is 0 Å². The summed E-state index contributed by atoms with van der Waals surface area (Å²) < 4.78 is 13.4. The number of oxime groups is 1. The van der Waals surface area contributed by atoms with Gasteiger partial charge in [0.05, 0.1) is 17.1 Å². The molecule has 0 fully saturated rings. The van der Waals surface area contributed by atoms with Crippen molar-refractivity contribution in [1.29, 1.82) is 0 Å². The third-order valence-electron chi connectivity index (χ3n) is 2.05. The standard InChI is InChI=1S/C10H11ClFN3O2/c1-15(5-8(13)14-17)10(16)9-6(11)3-2-4-7(9)12/h2-4,17H,5H2,1H3,(H2,13,14). The maximum atomic E-state index is 13.4. The van der Waals surface area contributed by atoms with Gasteiger partial charge in [-0.05, 0) is 12.1 Å². The van der Waals surface area contributed by atoms with E-state index in [-0.39, 0.29) is 23.0 Å². The molecule has 17 heavy (non-hydrogen) atoms. The molecule has 0 aliphatic heterocycles. The van der Waals surface area contributed by atoms with Gasteiger partial charge in [-0.1, -0.05) is 22.8 Å². The van der Waals surface area contributed by atoms with E-state index in [2.05, 4.69) is 5.16 Å². The summed E-state index contributed by atoms with van der Waals surface area (Å²) in [5.74, 6) is -1.51.